The largest absolute Gasteiger partial charge is 0.497 e. The van der Waals surface area contributed by atoms with Gasteiger partial charge in [0.25, 0.3) is 0 Å². The zero-order chi connectivity index (χ0) is 15.8. The highest BCUT2D eigenvalue weighted by Gasteiger charge is 2.34. The van der Waals surface area contributed by atoms with Crippen LogP contribution in [0.2, 0.25) is 5.15 Å². The summed E-state index contributed by atoms with van der Waals surface area (Å²) in [5, 5.41) is 15.6. The third-order valence-electron chi connectivity index (χ3n) is 3.00. The van der Waals surface area contributed by atoms with Crippen LogP contribution in [0.15, 0.2) is 24.3 Å². The fourth-order valence-corrected chi connectivity index (χ4v) is 2.26. The molecule has 0 aliphatic rings. The van der Waals surface area contributed by atoms with Crippen molar-refractivity contribution < 1.29 is 9.66 Å². The molecule has 1 aromatic heterocycles. The van der Waals surface area contributed by atoms with E-state index in [9.17, 15) is 10.1 Å². The monoisotopic (exact) mass is 309 g/mol. The van der Waals surface area contributed by atoms with Crippen molar-refractivity contribution in [2.45, 2.75) is 26.2 Å². The minimum atomic E-state index is -0.493. The number of halogens is 1. The molecule has 21 heavy (non-hydrogen) atoms. The first-order chi connectivity index (χ1) is 9.75. The van der Waals surface area contributed by atoms with Crippen molar-refractivity contribution in [3.8, 4) is 11.4 Å². The summed E-state index contributed by atoms with van der Waals surface area (Å²) < 4.78 is 6.51. The van der Waals surface area contributed by atoms with Gasteiger partial charge in [-0.1, -0.05) is 38.4 Å². The maximum atomic E-state index is 11.3. The van der Waals surface area contributed by atoms with Crippen LogP contribution < -0.4 is 4.74 Å². The summed E-state index contributed by atoms with van der Waals surface area (Å²) in [4.78, 5) is 10.8. The fraction of sp³-hybridized carbons (Fsp3) is 0.357. The Morgan fingerprint density at radius 2 is 2.05 bits per heavy atom. The van der Waals surface area contributed by atoms with E-state index < -0.39 is 10.3 Å². The second-order valence-corrected chi connectivity index (χ2v) is 5.97. The Hall–Kier alpha value is -2.08. The molecular weight excluding hydrogens is 294 g/mol. The zero-order valence-electron chi connectivity index (χ0n) is 12.3. The first-order valence-corrected chi connectivity index (χ1v) is 6.71. The van der Waals surface area contributed by atoms with Crippen LogP contribution in [0.5, 0.6) is 5.75 Å². The average molecular weight is 310 g/mol. The number of nitrogens with zero attached hydrogens (tertiary/aromatic N) is 3. The van der Waals surface area contributed by atoms with Crippen LogP contribution in [0.4, 0.5) is 5.69 Å². The van der Waals surface area contributed by atoms with Gasteiger partial charge < -0.3 is 4.74 Å². The molecule has 0 aliphatic heterocycles. The van der Waals surface area contributed by atoms with Gasteiger partial charge in [-0.25, -0.2) is 4.68 Å². The van der Waals surface area contributed by atoms with Gasteiger partial charge in [-0.2, -0.15) is 5.10 Å². The number of hydrogen-bond acceptors (Lipinski definition) is 4. The Labute approximate surface area is 127 Å². The summed E-state index contributed by atoms with van der Waals surface area (Å²) in [6.45, 7) is 5.57. The summed E-state index contributed by atoms with van der Waals surface area (Å²) in [7, 11) is 1.55. The lowest BCUT2D eigenvalue weighted by atomic mass is 9.91. The van der Waals surface area contributed by atoms with Crippen LogP contribution in [0, 0.1) is 10.1 Å². The Morgan fingerprint density at radius 3 is 2.52 bits per heavy atom. The van der Waals surface area contributed by atoms with Crippen LogP contribution in [-0.4, -0.2) is 21.8 Å². The first-order valence-electron chi connectivity index (χ1n) is 6.33. The molecule has 2 rings (SSSR count). The van der Waals surface area contributed by atoms with E-state index in [2.05, 4.69) is 5.10 Å². The van der Waals surface area contributed by atoms with E-state index in [1.807, 2.05) is 20.8 Å². The highest BCUT2D eigenvalue weighted by Crippen LogP contribution is 2.37. The van der Waals surface area contributed by atoms with E-state index in [4.69, 9.17) is 16.3 Å². The lowest BCUT2D eigenvalue weighted by Crippen LogP contribution is -2.14. The molecule has 0 atom stereocenters. The molecule has 0 radical (unpaired) electrons. The van der Waals surface area contributed by atoms with Gasteiger partial charge in [0.1, 0.15) is 11.4 Å². The number of rotatable bonds is 3. The van der Waals surface area contributed by atoms with Crippen molar-refractivity contribution in [3.63, 3.8) is 0 Å². The smallest absolute Gasteiger partial charge is 0.330 e. The number of ether oxygens (including phenoxy) is 1. The van der Waals surface area contributed by atoms with Crippen molar-refractivity contribution in [2.75, 3.05) is 7.11 Å². The Kier molecular flexibility index (Phi) is 3.91. The van der Waals surface area contributed by atoms with E-state index in [-0.39, 0.29) is 10.8 Å². The van der Waals surface area contributed by atoms with Gasteiger partial charge in [-0.15, -0.1) is 0 Å². The van der Waals surface area contributed by atoms with Crippen molar-refractivity contribution >= 4 is 17.3 Å². The van der Waals surface area contributed by atoms with Crippen LogP contribution in [0.1, 0.15) is 26.5 Å². The average Bonchev–Trinajstić information content (AvgIpc) is 2.76. The van der Waals surface area contributed by atoms with Crippen LogP contribution in [-0.2, 0) is 5.41 Å². The van der Waals surface area contributed by atoms with E-state index in [0.29, 0.717) is 17.1 Å². The summed E-state index contributed by atoms with van der Waals surface area (Å²) in [6, 6.07) is 7.03. The predicted octanol–water partition coefficient (Wildman–Crippen LogP) is 3.74. The second-order valence-electron chi connectivity index (χ2n) is 5.61. The lowest BCUT2D eigenvalue weighted by molar-refractivity contribution is -0.385. The third kappa shape index (κ3) is 2.85. The van der Waals surface area contributed by atoms with Crippen molar-refractivity contribution in [1.29, 1.82) is 0 Å². The molecule has 7 heteroatoms. The molecule has 0 fully saturated rings. The van der Waals surface area contributed by atoms with Crippen molar-refractivity contribution in [1.82, 2.24) is 9.78 Å². The molecular formula is C14H16ClN3O3. The number of aromatic nitrogens is 2. The second kappa shape index (κ2) is 5.37. The van der Waals surface area contributed by atoms with Crippen LogP contribution in [0.25, 0.3) is 5.69 Å². The van der Waals surface area contributed by atoms with E-state index in [0.717, 1.165) is 0 Å². The van der Waals surface area contributed by atoms with Gasteiger partial charge in [0.05, 0.1) is 17.7 Å². The molecule has 0 N–H and O–H groups in total. The molecule has 0 aliphatic carbocycles. The lowest BCUT2D eigenvalue weighted by Gasteiger charge is -2.13. The Bertz CT molecular complexity index is 689. The van der Waals surface area contributed by atoms with Gasteiger partial charge in [-0.05, 0) is 12.1 Å². The molecule has 0 spiro atoms. The van der Waals surface area contributed by atoms with Gasteiger partial charge in [0.15, 0.2) is 0 Å². The first kappa shape index (κ1) is 15.3. The Balaban J connectivity index is 2.68. The SMILES string of the molecule is COc1cccc(-n2nc(C(C)(C)C)c([N+](=O)[O-])c2Cl)c1. The van der Waals surface area contributed by atoms with Gasteiger partial charge >= 0.3 is 5.69 Å². The molecule has 0 saturated carbocycles. The molecule has 0 amide bonds. The zero-order valence-corrected chi connectivity index (χ0v) is 13.0. The maximum Gasteiger partial charge on any atom is 0.330 e. The minimum absolute atomic E-state index is 0.0156. The van der Waals surface area contributed by atoms with Crippen LogP contribution in [0.3, 0.4) is 0 Å². The molecule has 1 aromatic carbocycles. The Morgan fingerprint density at radius 1 is 1.38 bits per heavy atom. The third-order valence-corrected chi connectivity index (χ3v) is 3.34. The highest BCUT2D eigenvalue weighted by atomic mass is 35.5. The quantitative estimate of drug-likeness (QED) is 0.639. The van der Waals surface area contributed by atoms with Gasteiger partial charge in [-0.3, -0.25) is 10.1 Å². The molecule has 0 unspecified atom stereocenters. The normalized spacial score (nSPS) is 11.5. The van der Waals surface area contributed by atoms with E-state index in [1.165, 1.54) is 4.68 Å². The summed E-state index contributed by atoms with van der Waals surface area (Å²) in [5.41, 5.74) is 0.307. The number of nitro groups is 1. The van der Waals surface area contributed by atoms with Gasteiger partial charge in [0.2, 0.25) is 5.15 Å². The van der Waals surface area contributed by atoms with Gasteiger partial charge in [0, 0.05) is 11.5 Å². The fourth-order valence-electron chi connectivity index (χ4n) is 1.97. The standard InChI is InChI=1S/C14H16ClN3O3/c1-14(2,3)12-11(18(19)20)13(15)17(16-12)9-6-5-7-10(8-9)21-4/h5-8H,1-4H3. The molecule has 0 bridgehead atoms. The van der Waals surface area contributed by atoms with E-state index in [1.54, 1.807) is 31.4 Å². The van der Waals surface area contributed by atoms with E-state index >= 15 is 0 Å². The highest BCUT2D eigenvalue weighted by molar-refractivity contribution is 6.32. The van der Waals surface area contributed by atoms with Crippen molar-refractivity contribution in [2.24, 2.45) is 0 Å². The maximum absolute atomic E-state index is 11.3. The minimum Gasteiger partial charge on any atom is -0.497 e. The topological polar surface area (TPSA) is 70.2 Å². The predicted molar refractivity (Wildman–Crippen MR) is 80.5 cm³/mol. The number of hydrogen-bond donors (Lipinski definition) is 0. The summed E-state index contributed by atoms with van der Waals surface area (Å²) in [6.07, 6.45) is 0. The number of methoxy groups -OCH3 is 1. The molecule has 0 saturated heterocycles. The molecule has 6 nitrogen and oxygen atoms in total. The number of benzene rings is 1. The summed E-state index contributed by atoms with van der Waals surface area (Å²) >= 11 is 6.18. The molecule has 2 aromatic rings. The van der Waals surface area contributed by atoms with Crippen LogP contribution >= 0.6 is 11.6 Å². The molecule has 1 heterocycles. The molecule has 112 valence electrons. The van der Waals surface area contributed by atoms with Crippen molar-refractivity contribution in [3.05, 3.63) is 45.2 Å². The summed E-state index contributed by atoms with van der Waals surface area (Å²) in [5.74, 6) is 0.624.